The van der Waals surface area contributed by atoms with Crippen molar-refractivity contribution in [3.05, 3.63) is 48.3 Å². The van der Waals surface area contributed by atoms with Gasteiger partial charge in [0.1, 0.15) is 11.9 Å². The summed E-state index contributed by atoms with van der Waals surface area (Å²) in [5.41, 5.74) is 0.937. The van der Waals surface area contributed by atoms with Crippen LogP contribution in [-0.4, -0.2) is 41.8 Å². The van der Waals surface area contributed by atoms with E-state index in [1.54, 1.807) is 12.4 Å². The van der Waals surface area contributed by atoms with Gasteiger partial charge in [-0.15, -0.1) is 0 Å². The van der Waals surface area contributed by atoms with E-state index in [1.807, 2.05) is 35.2 Å². The minimum absolute atomic E-state index is 0.0249. The lowest BCUT2D eigenvalue weighted by Crippen LogP contribution is -2.45. The molecule has 1 aromatic carbocycles. The highest BCUT2D eigenvalue weighted by Gasteiger charge is 2.25. The minimum atomic E-state index is 0.0249. The highest BCUT2D eigenvalue weighted by Crippen LogP contribution is 2.32. The first-order chi connectivity index (χ1) is 12.3. The summed E-state index contributed by atoms with van der Waals surface area (Å²) < 4.78 is 16.7. The summed E-state index contributed by atoms with van der Waals surface area (Å²) in [7, 11) is 0. The van der Waals surface area contributed by atoms with Crippen molar-refractivity contribution in [1.82, 2.24) is 9.88 Å². The molecule has 0 unspecified atom stereocenters. The third-order valence-corrected chi connectivity index (χ3v) is 4.48. The summed E-state index contributed by atoms with van der Waals surface area (Å²) in [6, 6.07) is 9.34. The van der Waals surface area contributed by atoms with Gasteiger partial charge in [0.25, 0.3) is 0 Å². The first-order valence-electron chi connectivity index (χ1n) is 8.51. The van der Waals surface area contributed by atoms with Gasteiger partial charge in [0.15, 0.2) is 11.5 Å². The molecule has 0 aliphatic carbocycles. The van der Waals surface area contributed by atoms with Crippen LogP contribution < -0.4 is 14.2 Å². The zero-order valence-corrected chi connectivity index (χ0v) is 13.9. The Kier molecular flexibility index (Phi) is 4.41. The Balaban J connectivity index is 1.36. The third kappa shape index (κ3) is 3.68. The van der Waals surface area contributed by atoms with Crippen molar-refractivity contribution in [1.29, 1.82) is 0 Å². The Morgan fingerprint density at radius 1 is 1.20 bits per heavy atom. The van der Waals surface area contributed by atoms with Gasteiger partial charge in [-0.1, -0.05) is 6.07 Å². The fraction of sp³-hybridized carbons (Fsp3) is 0.368. The fourth-order valence-electron chi connectivity index (χ4n) is 3.21. The van der Waals surface area contributed by atoms with E-state index < -0.39 is 0 Å². The molecule has 2 aromatic rings. The summed E-state index contributed by atoms with van der Waals surface area (Å²) in [6.45, 7) is 1.64. The summed E-state index contributed by atoms with van der Waals surface area (Å²) in [4.78, 5) is 18.5. The van der Waals surface area contributed by atoms with Crippen molar-refractivity contribution in [3.63, 3.8) is 0 Å². The number of ether oxygens (including phenoxy) is 3. The van der Waals surface area contributed by atoms with E-state index in [0.29, 0.717) is 18.7 Å². The van der Waals surface area contributed by atoms with Crippen molar-refractivity contribution in [2.75, 3.05) is 19.9 Å². The molecule has 1 amide bonds. The lowest BCUT2D eigenvalue weighted by molar-refractivity contribution is -0.133. The number of amides is 1. The summed E-state index contributed by atoms with van der Waals surface area (Å²) in [6.07, 6.45) is 5.70. The second-order valence-electron chi connectivity index (χ2n) is 6.27. The van der Waals surface area contributed by atoms with Gasteiger partial charge < -0.3 is 19.1 Å². The SMILES string of the molecule is O=C(Cc1ccc2c(c1)OCO2)N1CCC[C@H](Oc2ccncc2)C1. The molecule has 130 valence electrons. The monoisotopic (exact) mass is 340 g/mol. The maximum atomic E-state index is 12.7. The van der Waals surface area contributed by atoms with E-state index >= 15 is 0 Å². The maximum absolute atomic E-state index is 12.7. The second-order valence-corrected chi connectivity index (χ2v) is 6.27. The van der Waals surface area contributed by atoms with Crippen molar-refractivity contribution >= 4 is 5.91 Å². The Morgan fingerprint density at radius 2 is 2.04 bits per heavy atom. The van der Waals surface area contributed by atoms with E-state index in [2.05, 4.69) is 4.98 Å². The second kappa shape index (κ2) is 7.01. The molecular formula is C19H20N2O4. The molecule has 25 heavy (non-hydrogen) atoms. The van der Waals surface area contributed by atoms with Crippen LogP contribution in [0.5, 0.6) is 17.2 Å². The maximum Gasteiger partial charge on any atom is 0.231 e. The number of aromatic nitrogens is 1. The van der Waals surface area contributed by atoms with Crippen LogP contribution >= 0.6 is 0 Å². The van der Waals surface area contributed by atoms with Gasteiger partial charge in [0.05, 0.1) is 13.0 Å². The van der Waals surface area contributed by atoms with E-state index in [4.69, 9.17) is 14.2 Å². The van der Waals surface area contributed by atoms with Crippen LogP contribution in [0.15, 0.2) is 42.7 Å². The topological polar surface area (TPSA) is 60.9 Å². The van der Waals surface area contributed by atoms with Gasteiger partial charge in [-0.25, -0.2) is 0 Å². The molecule has 1 aromatic heterocycles. The van der Waals surface area contributed by atoms with Gasteiger partial charge in [0, 0.05) is 18.9 Å². The number of carbonyl (C=O) groups is 1. The average molecular weight is 340 g/mol. The van der Waals surface area contributed by atoms with Crippen LogP contribution in [0.1, 0.15) is 18.4 Å². The minimum Gasteiger partial charge on any atom is -0.488 e. The molecule has 0 radical (unpaired) electrons. The number of piperidine rings is 1. The number of nitrogens with zero attached hydrogens (tertiary/aromatic N) is 2. The lowest BCUT2D eigenvalue weighted by Gasteiger charge is -2.33. The molecule has 6 nitrogen and oxygen atoms in total. The molecule has 1 atom stereocenters. The van der Waals surface area contributed by atoms with Gasteiger partial charge in [-0.05, 0) is 42.7 Å². The van der Waals surface area contributed by atoms with Crippen LogP contribution in [0, 0.1) is 0 Å². The zero-order valence-electron chi connectivity index (χ0n) is 13.9. The van der Waals surface area contributed by atoms with E-state index in [9.17, 15) is 4.79 Å². The summed E-state index contributed by atoms with van der Waals surface area (Å²) in [5.74, 6) is 2.36. The smallest absolute Gasteiger partial charge is 0.231 e. The predicted molar refractivity (Wildman–Crippen MR) is 90.7 cm³/mol. The van der Waals surface area contributed by atoms with Crippen LogP contribution in [-0.2, 0) is 11.2 Å². The van der Waals surface area contributed by atoms with E-state index in [0.717, 1.165) is 36.4 Å². The van der Waals surface area contributed by atoms with Crippen molar-refractivity contribution < 1.29 is 19.0 Å². The van der Waals surface area contributed by atoms with Crippen LogP contribution in [0.3, 0.4) is 0 Å². The standard InChI is InChI=1S/C19H20N2O4/c22-19(11-14-3-4-17-18(10-14)24-13-23-17)21-9-1-2-16(12-21)25-15-5-7-20-8-6-15/h3-8,10,16H,1-2,9,11-13H2/t16-/m0/s1. The van der Waals surface area contributed by atoms with E-state index in [1.165, 1.54) is 0 Å². The first kappa shape index (κ1) is 15.7. The number of hydrogen-bond acceptors (Lipinski definition) is 5. The molecule has 3 heterocycles. The highest BCUT2D eigenvalue weighted by atomic mass is 16.7. The molecular weight excluding hydrogens is 320 g/mol. The molecule has 1 fully saturated rings. The number of likely N-dealkylation sites (tertiary alicyclic amines) is 1. The number of carbonyl (C=O) groups excluding carboxylic acids is 1. The van der Waals surface area contributed by atoms with Crippen LogP contribution in [0.4, 0.5) is 0 Å². The fourth-order valence-corrected chi connectivity index (χ4v) is 3.21. The van der Waals surface area contributed by atoms with E-state index in [-0.39, 0.29) is 18.8 Å². The van der Waals surface area contributed by atoms with Gasteiger partial charge in [0.2, 0.25) is 12.7 Å². The molecule has 4 rings (SSSR count). The van der Waals surface area contributed by atoms with Gasteiger partial charge in [-0.3, -0.25) is 9.78 Å². The Morgan fingerprint density at radius 3 is 2.92 bits per heavy atom. The quantitative estimate of drug-likeness (QED) is 0.855. The largest absolute Gasteiger partial charge is 0.488 e. The molecule has 6 heteroatoms. The molecule has 1 saturated heterocycles. The van der Waals surface area contributed by atoms with Crippen molar-refractivity contribution in [3.8, 4) is 17.2 Å². The number of hydrogen-bond donors (Lipinski definition) is 0. The number of fused-ring (bicyclic) bond motifs is 1. The van der Waals surface area contributed by atoms with Crippen LogP contribution in [0.25, 0.3) is 0 Å². The zero-order chi connectivity index (χ0) is 17.1. The van der Waals surface area contributed by atoms with Crippen LogP contribution in [0.2, 0.25) is 0 Å². The lowest BCUT2D eigenvalue weighted by atomic mass is 10.1. The molecule has 0 bridgehead atoms. The third-order valence-electron chi connectivity index (χ3n) is 4.48. The molecule has 0 saturated carbocycles. The molecule has 0 N–H and O–H groups in total. The highest BCUT2D eigenvalue weighted by molar-refractivity contribution is 5.79. The number of rotatable bonds is 4. The first-order valence-corrected chi connectivity index (χ1v) is 8.51. The Labute approximate surface area is 146 Å². The number of benzene rings is 1. The normalized spacial score (nSPS) is 18.9. The van der Waals surface area contributed by atoms with Gasteiger partial charge >= 0.3 is 0 Å². The van der Waals surface area contributed by atoms with Crippen molar-refractivity contribution in [2.45, 2.75) is 25.4 Å². The molecule has 0 spiro atoms. The Hall–Kier alpha value is -2.76. The summed E-state index contributed by atoms with van der Waals surface area (Å²) >= 11 is 0. The van der Waals surface area contributed by atoms with Gasteiger partial charge in [-0.2, -0.15) is 0 Å². The van der Waals surface area contributed by atoms with Crippen molar-refractivity contribution in [2.24, 2.45) is 0 Å². The number of pyridine rings is 1. The summed E-state index contributed by atoms with van der Waals surface area (Å²) in [5, 5.41) is 0. The molecule has 2 aliphatic heterocycles. The average Bonchev–Trinajstić information content (AvgIpc) is 3.10. The molecule has 2 aliphatic rings. The Bertz CT molecular complexity index is 750. The predicted octanol–water partition coefficient (Wildman–Crippen LogP) is 2.42.